The summed E-state index contributed by atoms with van der Waals surface area (Å²) in [4.78, 5) is 62.1. The third-order valence-corrected chi connectivity index (χ3v) is 28.8. The summed E-state index contributed by atoms with van der Waals surface area (Å²) in [5, 5.41) is 16.3. The lowest BCUT2D eigenvalue weighted by Gasteiger charge is -2.13. The van der Waals surface area contributed by atoms with Gasteiger partial charge in [0, 0.05) is 153 Å². The summed E-state index contributed by atoms with van der Waals surface area (Å²) in [5.41, 5.74) is 33.5. The van der Waals surface area contributed by atoms with Crippen molar-refractivity contribution in [1.82, 2.24) is 64.8 Å². The zero-order valence-electron chi connectivity index (χ0n) is 80.3. The molecule has 0 N–H and O–H groups in total. The van der Waals surface area contributed by atoms with Crippen LogP contribution in [0, 0.1) is 0 Å². The molecule has 18 aromatic carbocycles. The summed E-state index contributed by atoms with van der Waals surface area (Å²) < 4.78 is 2.35. The van der Waals surface area contributed by atoms with Crippen molar-refractivity contribution < 1.29 is 0 Å². The second-order valence-electron chi connectivity index (χ2n) is 36.7. The van der Waals surface area contributed by atoms with Crippen LogP contribution in [0.5, 0.6) is 0 Å². The zero-order chi connectivity index (χ0) is 98.9. The van der Waals surface area contributed by atoms with Crippen molar-refractivity contribution in [2.75, 3.05) is 0 Å². The van der Waals surface area contributed by atoms with Gasteiger partial charge in [-0.2, -0.15) is 0 Å². The number of fused-ring (bicyclic) bond motifs is 17. The van der Waals surface area contributed by atoms with Gasteiger partial charge in [-0.25, -0.2) is 34.9 Å². The van der Waals surface area contributed by atoms with Crippen molar-refractivity contribution in [2.45, 2.75) is 0 Å². The normalized spacial score (nSPS) is 11.4. The smallest absolute Gasteiger partial charge is 0.160 e. The number of rotatable bonds is 13. The highest BCUT2D eigenvalue weighted by molar-refractivity contribution is 7.26. The average molecular weight is 1920 g/mol. The Kier molecular flexibility index (Phi) is 23.6. The monoisotopic (exact) mass is 1920 g/mol. The third-order valence-electron chi connectivity index (χ3n) is 27.7. The predicted octanol–water partition coefficient (Wildman–Crippen LogP) is 34.5. The maximum absolute atomic E-state index is 5.12. The van der Waals surface area contributed by atoms with Gasteiger partial charge in [-0.3, -0.25) is 29.9 Å². The molecule has 29 rings (SSSR count). The molecule has 11 aromatic heterocycles. The Morgan fingerprint density at radius 3 is 0.859 bits per heavy atom. The maximum Gasteiger partial charge on any atom is 0.160 e. The van der Waals surface area contributed by atoms with Gasteiger partial charge in [0.15, 0.2) is 11.6 Å². The van der Waals surface area contributed by atoms with Crippen molar-refractivity contribution in [2.24, 2.45) is 0 Å². The van der Waals surface area contributed by atoms with Gasteiger partial charge in [-0.15, -0.1) is 11.3 Å². The highest BCUT2D eigenvalue weighted by Gasteiger charge is 2.23. The zero-order valence-corrected chi connectivity index (χ0v) is 81.1. The van der Waals surface area contributed by atoms with E-state index in [1.54, 1.807) is 36.1 Å². The fourth-order valence-electron chi connectivity index (χ4n) is 20.4. The van der Waals surface area contributed by atoms with Crippen LogP contribution in [0.2, 0.25) is 0 Å². The van der Waals surface area contributed by atoms with Crippen LogP contribution < -0.4 is 0 Å². The molecule has 0 amide bonds. The molecule has 0 aliphatic carbocycles. The molecule has 0 aliphatic rings. The summed E-state index contributed by atoms with van der Waals surface area (Å²) in [5.74, 6) is 1.47. The van der Waals surface area contributed by atoms with E-state index in [2.05, 4.69) is 370 Å². The SMILES string of the molecule is c1ccc(-c2nc(-c3ccc(-c4cc5cccnc5c5ccccc45)cc3)nc3c2sc2ccccc23)cc1.c1ccc(-c2nc(-c3ccc(-c4cc5cccnc5c5ccccc45)cc3)nc3ccccc23)cc1.c1ccc(-c2nc3ccccc3nc2-c2ccc(-c3cc4cccnc4c4ccccc34)cc2)cc1.c1cnc2c(c1)cc(-c1ccc(-c3cc(-c4ccncc4)nc(-c4ccncc4)c3)cc1)c1ccccc12. The Morgan fingerprint density at radius 1 is 0.154 bits per heavy atom. The lowest BCUT2D eigenvalue weighted by molar-refractivity contribution is 1.23. The number of pyridine rings is 7. The van der Waals surface area contributed by atoms with Gasteiger partial charge >= 0.3 is 0 Å². The number of thiophene rings is 1. The van der Waals surface area contributed by atoms with Crippen molar-refractivity contribution in [3.05, 3.63) is 517 Å². The van der Waals surface area contributed by atoms with Gasteiger partial charge in [0.1, 0.15) is 0 Å². The number of benzene rings is 18. The molecular weight excluding hydrogens is 1840 g/mol. The first kappa shape index (κ1) is 89.2. The van der Waals surface area contributed by atoms with Crippen molar-refractivity contribution in [1.29, 1.82) is 0 Å². The Balaban J connectivity index is 0.000000100. The molecule has 29 aromatic rings. The second kappa shape index (κ2) is 39.4. The van der Waals surface area contributed by atoms with E-state index < -0.39 is 0 Å². The molecule has 0 saturated carbocycles. The summed E-state index contributed by atoms with van der Waals surface area (Å²) >= 11 is 1.76. The van der Waals surface area contributed by atoms with Crippen LogP contribution in [-0.2, 0) is 0 Å². The van der Waals surface area contributed by atoms with E-state index in [9.17, 15) is 0 Å². The second-order valence-corrected chi connectivity index (χ2v) is 37.7. The van der Waals surface area contributed by atoms with E-state index in [-0.39, 0.29) is 0 Å². The first-order valence-electron chi connectivity index (χ1n) is 49.6. The fraction of sp³-hybridized carbons (Fsp3) is 0. The van der Waals surface area contributed by atoms with Crippen molar-refractivity contribution in [3.63, 3.8) is 0 Å². The van der Waals surface area contributed by atoms with E-state index >= 15 is 0 Å². The molecule has 13 nitrogen and oxygen atoms in total. The van der Waals surface area contributed by atoms with Crippen LogP contribution >= 0.6 is 11.3 Å². The molecule has 0 saturated heterocycles. The molecule has 0 fully saturated rings. The molecule has 0 aliphatic heterocycles. The molecule has 696 valence electrons. The summed E-state index contributed by atoms with van der Waals surface area (Å²) in [6.45, 7) is 0. The fourth-order valence-corrected chi connectivity index (χ4v) is 21.6. The number of aromatic nitrogens is 13. The van der Waals surface area contributed by atoms with Crippen LogP contribution in [0.25, 0.3) is 275 Å². The number of hydrogen-bond donors (Lipinski definition) is 0. The van der Waals surface area contributed by atoms with Crippen molar-refractivity contribution in [3.8, 4) is 146 Å². The molecular formula is C135H85N13S. The minimum absolute atomic E-state index is 0.728. The first-order chi connectivity index (χ1) is 73.9. The quantitative estimate of drug-likeness (QED) is 0.100. The van der Waals surface area contributed by atoms with E-state index in [4.69, 9.17) is 34.9 Å². The van der Waals surface area contributed by atoms with Gasteiger partial charge in [-0.1, -0.05) is 358 Å². The molecule has 0 spiro atoms. The standard InChI is InChI=1S/C35H21N3S.C34H22N4.2C33H21N3/c1-2-9-23(10-3-1)32-34-33(28-14-6-7-15-30(28)39-34)38-35(37-32)24-18-16-22(17-19-24)29-21-25-11-8-20-36-31(25)27-13-5-4-12-26(27)29;1-2-6-30-29(5-1)31(20-27-4-3-15-37-34(27)30)24-9-7-23(8-10-24)28-21-32(25-11-16-35-17-12-25)38-33(22-28)26-13-18-36-19-14-26;1-2-9-23(10-3-1)32-33(36-30-15-7-6-14-29(30)35-32)24-18-16-22(17-19-24)28-21-25-11-8-20-34-31(25)27-13-5-4-12-26(27)28;1-2-9-23(10-3-1)32-28-14-6-7-15-30(28)35-33(36-32)24-18-16-22(17-19-24)29-21-25-11-8-20-34-31(25)27-13-5-4-12-26(27)29/h1-21H;1-22H;2*1-21H. The molecule has 14 heteroatoms. The van der Waals surface area contributed by atoms with Gasteiger partial charge in [0.25, 0.3) is 0 Å². The highest BCUT2D eigenvalue weighted by Crippen LogP contribution is 2.46. The lowest BCUT2D eigenvalue weighted by atomic mass is 9.93. The molecule has 0 unspecified atom stereocenters. The number of nitrogens with zero attached hydrogens (tertiary/aromatic N) is 13. The van der Waals surface area contributed by atoms with E-state index in [1.807, 2.05) is 152 Å². The lowest BCUT2D eigenvalue weighted by Crippen LogP contribution is -1.95. The van der Waals surface area contributed by atoms with Crippen molar-refractivity contribution >= 4 is 140 Å². The number of para-hydroxylation sites is 3. The largest absolute Gasteiger partial charge is 0.265 e. The van der Waals surface area contributed by atoms with Gasteiger partial charge < -0.3 is 0 Å². The molecule has 11 heterocycles. The number of hydrogen-bond acceptors (Lipinski definition) is 14. The Bertz CT molecular complexity index is 10100. The summed E-state index contributed by atoms with van der Waals surface area (Å²) in [6, 6.07) is 162. The predicted molar refractivity (Wildman–Crippen MR) is 616 cm³/mol. The van der Waals surface area contributed by atoms with Crippen LogP contribution in [0.3, 0.4) is 0 Å². The Morgan fingerprint density at radius 2 is 0.456 bits per heavy atom. The summed E-state index contributed by atoms with van der Waals surface area (Å²) in [6.07, 6.45) is 14.6. The topological polar surface area (TPSA) is 168 Å². The molecule has 0 atom stereocenters. The minimum atomic E-state index is 0.728. The summed E-state index contributed by atoms with van der Waals surface area (Å²) in [7, 11) is 0. The van der Waals surface area contributed by atoms with Crippen LogP contribution in [0.15, 0.2) is 517 Å². The molecule has 149 heavy (non-hydrogen) atoms. The molecule has 0 bridgehead atoms. The Labute approximate surface area is 861 Å². The van der Waals surface area contributed by atoms with Crippen LogP contribution in [0.1, 0.15) is 0 Å². The van der Waals surface area contributed by atoms with Gasteiger partial charge in [0.05, 0.1) is 83.0 Å². The van der Waals surface area contributed by atoms with E-state index in [0.717, 1.165) is 194 Å². The minimum Gasteiger partial charge on any atom is -0.265 e. The van der Waals surface area contributed by atoms with Gasteiger partial charge in [0.2, 0.25) is 0 Å². The molecule has 0 radical (unpaired) electrons. The first-order valence-corrected chi connectivity index (χ1v) is 50.4. The van der Waals surface area contributed by atoms with Gasteiger partial charge in [-0.05, 0) is 186 Å². The maximum atomic E-state index is 5.12. The average Bonchev–Trinajstić information content (AvgIpc) is 1.59. The van der Waals surface area contributed by atoms with E-state index in [1.165, 1.54) is 81.0 Å². The Hall–Kier alpha value is -19.9. The van der Waals surface area contributed by atoms with Crippen LogP contribution in [-0.4, -0.2) is 64.8 Å². The third kappa shape index (κ3) is 17.5. The van der Waals surface area contributed by atoms with E-state index in [0.29, 0.717) is 0 Å². The van der Waals surface area contributed by atoms with Crippen LogP contribution in [0.4, 0.5) is 0 Å². The highest BCUT2D eigenvalue weighted by atomic mass is 32.1.